The smallest absolute Gasteiger partial charge is 0.293 e. The molecule has 0 atom stereocenters. The monoisotopic (exact) mass is 431 g/mol. The van der Waals surface area contributed by atoms with Gasteiger partial charge in [-0.25, -0.2) is 8.42 Å². The third-order valence-electron chi connectivity index (χ3n) is 3.51. The summed E-state index contributed by atoms with van der Waals surface area (Å²) in [5, 5.41) is 17.0. The number of rotatable bonds is 7. The average molecular weight is 432 g/mol. The number of carbonyl (C=O) groups excluding carboxylic acids is 1. The van der Waals surface area contributed by atoms with E-state index in [4.69, 9.17) is 23.2 Å². The van der Waals surface area contributed by atoms with E-state index in [9.17, 15) is 23.3 Å². The van der Waals surface area contributed by atoms with Crippen molar-refractivity contribution >= 4 is 50.3 Å². The van der Waals surface area contributed by atoms with Crippen LogP contribution in [-0.2, 0) is 9.84 Å². The van der Waals surface area contributed by atoms with Crippen molar-refractivity contribution in [1.82, 2.24) is 5.32 Å². The van der Waals surface area contributed by atoms with Gasteiger partial charge in [-0.2, -0.15) is 0 Å². The molecular weight excluding hydrogens is 417 g/mol. The van der Waals surface area contributed by atoms with E-state index in [2.05, 4.69) is 10.6 Å². The van der Waals surface area contributed by atoms with Gasteiger partial charge in [-0.15, -0.1) is 0 Å². The van der Waals surface area contributed by atoms with Crippen LogP contribution in [0.25, 0.3) is 0 Å². The third-order valence-corrected chi connectivity index (χ3v) is 5.25. The highest BCUT2D eigenvalue weighted by Crippen LogP contribution is 2.27. The van der Waals surface area contributed by atoms with Gasteiger partial charge in [-0.05, 0) is 24.3 Å². The van der Waals surface area contributed by atoms with Crippen molar-refractivity contribution in [2.75, 3.05) is 24.7 Å². The Morgan fingerprint density at radius 1 is 1.15 bits per heavy atom. The van der Waals surface area contributed by atoms with Crippen molar-refractivity contribution in [3.8, 4) is 0 Å². The predicted octanol–water partition coefficient (Wildman–Crippen LogP) is 3.15. The molecule has 144 valence electrons. The minimum atomic E-state index is -3.57. The van der Waals surface area contributed by atoms with Crippen molar-refractivity contribution in [3.63, 3.8) is 0 Å². The van der Waals surface area contributed by atoms with E-state index in [0.29, 0.717) is 0 Å². The Hall–Kier alpha value is -2.36. The summed E-state index contributed by atoms with van der Waals surface area (Å²) < 4.78 is 23.1. The Bertz CT molecular complexity index is 975. The lowest BCUT2D eigenvalue weighted by Crippen LogP contribution is -2.29. The molecule has 2 N–H and O–H groups in total. The second kappa shape index (κ2) is 8.55. The molecule has 0 saturated heterocycles. The van der Waals surface area contributed by atoms with Gasteiger partial charge in [-0.1, -0.05) is 29.3 Å². The largest absolute Gasteiger partial charge is 0.378 e. The van der Waals surface area contributed by atoms with Gasteiger partial charge in [-0.3, -0.25) is 14.9 Å². The summed E-state index contributed by atoms with van der Waals surface area (Å²) in [7, 11) is -3.57. The highest BCUT2D eigenvalue weighted by atomic mass is 35.5. The quantitative estimate of drug-likeness (QED) is 0.394. The summed E-state index contributed by atoms with van der Waals surface area (Å²) in [5.74, 6) is -0.477. The van der Waals surface area contributed by atoms with Crippen LogP contribution in [0.5, 0.6) is 0 Å². The number of hydrogen-bond donors (Lipinski definition) is 2. The van der Waals surface area contributed by atoms with Crippen LogP contribution in [0, 0.1) is 10.1 Å². The second-order valence-corrected chi connectivity index (χ2v) is 8.32. The van der Waals surface area contributed by atoms with Crippen molar-refractivity contribution in [2.45, 2.75) is 4.90 Å². The van der Waals surface area contributed by atoms with Crippen LogP contribution in [0.15, 0.2) is 41.3 Å². The lowest BCUT2D eigenvalue weighted by atomic mass is 10.2. The molecule has 11 heteroatoms. The highest BCUT2D eigenvalue weighted by Gasteiger charge is 2.19. The Morgan fingerprint density at radius 2 is 1.78 bits per heavy atom. The van der Waals surface area contributed by atoms with Gasteiger partial charge in [0.1, 0.15) is 5.69 Å². The number of carbonyl (C=O) groups is 1. The summed E-state index contributed by atoms with van der Waals surface area (Å²) in [4.78, 5) is 22.5. The molecule has 0 aromatic heterocycles. The molecule has 2 aromatic rings. The minimum Gasteiger partial charge on any atom is -0.378 e. The van der Waals surface area contributed by atoms with Crippen molar-refractivity contribution in [3.05, 3.63) is 62.1 Å². The minimum absolute atomic E-state index is 0.130. The topological polar surface area (TPSA) is 118 Å². The Labute approximate surface area is 165 Å². The molecule has 0 bridgehead atoms. The first-order valence-corrected chi connectivity index (χ1v) is 10.2. The normalized spacial score (nSPS) is 11.1. The number of amides is 1. The van der Waals surface area contributed by atoms with Crippen molar-refractivity contribution < 1.29 is 18.1 Å². The summed E-state index contributed by atoms with van der Waals surface area (Å²) in [6, 6.07) is 8.25. The Morgan fingerprint density at radius 3 is 2.33 bits per heavy atom. The fourth-order valence-corrected chi connectivity index (χ4v) is 3.43. The second-order valence-electron chi connectivity index (χ2n) is 5.49. The fourth-order valence-electron chi connectivity index (χ4n) is 2.22. The van der Waals surface area contributed by atoms with Crippen LogP contribution >= 0.6 is 23.2 Å². The first kappa shape index (κ1) is 20.9. The number of nitro groups is 1. The molecule has 0 aliphatic heterocycles. The lowest BCUT2D eigenvalue weighted by Gasteiger charge is -2.10. The number of nitrogens with one attached hydrogen (secondary N) is 2. The van der Waals surface area contributed by atoms with E-state index in [0.717, 1.165) is 12.3 Å². The molecule has 1 amide bonds. The van der Waals surface area contributed by atoms with Crippen LogP contribution in [0.3, 0.4) is 0 Å². The maximum atomic E-state index is 12.1. The number of hydrogen-bond acceptors (Lipinski definition) is 6. The Kier molecular flexibility index (Phi) is 6.63. The van der Waals surface area contributed by atoms with Crippen molar-refractivity contribution in [1.29, 1.82) is 0 Å². The molecule has 0 fully saturated rings. The third kappa shape index (κ3) is 5.31. The van der Waals surface area contributed by atoms with Gasteiger partial charge in [0.15, 0.2) is 9.84 Å². The Balaban J connectivity index is 2.03. The zero-order chi connectivity index (χ0) is 20.2. The van der Waals surface area contributed by atoms with Crippen molar-refractivity contribution in [2.24, 2.45) is 0 Å². The van der Waals surface area contributed by atoms with Gasteiger partial charge in [0.25, 0.3) is 11.6 Å². The lowest BCUT2D eigenvalue weighted by molar-refractivity contribution is -0.384. The molecule has 0 heterocycles. The molecule has 27 heavy (non-hydrogen) atoms. The molecule has 0 saturated carbocycles. The van der Waals surface area contributed by atoms with E-state index >= 15 is 0 Å². The first-order valence-electron chi connectivity index (χ1n) is 7.56. The molecule has 0 aliphatic carbocycles. The summed E-state index contributed by atoms with van der Waals surface area (Å²) in [6.45, 7) is 0.290. The van der Waals surface area contributed by atoms with Gasteiger partial charge in [0.05, 0.1) is 25.4 Å². The molecule has 2 rings (SSSR count). The summed E-state index contributed by atoms with van der Waals surface area (Å²) >= 11 is 11.9. The number of sulfone groups is 1. The van der Waals surface area contributed by atoms with Gasteiger partial charge in [0.2, 0.25) is 0 Å². The maximum absolute atomic E-state index is 12.1. The summed E-state index contributed by atoms with van der Waals surface area (Å²) in [5.41, 5.74) is -0.0971. The molecule has 0 radical (unpaired) electrons. The van der Waals surface area contributed by atoms with E-state index in [1.54, 1.807) is 6.07 Å². The van der Waals surface area contributed by atoms with Crippen LogP contribution in [-0.4, -0.2) is 38.6 Å². The zero-order valence-electron chi connectivity index (χ0n) is 14.0. The standard InChI is InChI=1S/C16H15Cl2N3O5S/c1-27(25,26)10-5-6-13(14(9-10)21(23)24)19-7-8-20-16(22)15-11(17)3-2-4-12(15)18/h2-6,9,19H,7-8H2,1H3,(H,20,22). The predicted molar refractivity (Wildman–Crippen MR) is 103 cm³/mol. The average Bonchev–Trinajstić information content (AvgIpc) is 2.57. The van der Waals surface area contributed by atoms with Crippen LogP contribution in [0.4, 0.5) is 11.4 Å². The fraction of sp³-hybridized carbons (Fsp3) is 0.188. The highest BCUT2D eigenvalue weighted by molar-refractivity contribution is 7.90. The number of anilines is 1. The number of nitro benzene ring substituents is 1. The van der Waals surface area contributed by atoms with E-state index < -0.39 is 20.7 Å². The molecule has 2 aromatic carbocycles. The zero-order valence-corrected chi connectivity index (χ0v) is 16.4. The van der Waals surface area contributed by atoms with E-state index in [1.165, 1.54) is 24.3 Å². The van der Waals surface area contributed by atoms with Crippen LogP contribution in [0.2, 0.25) is 10.0 Å². The van der Waals surface area contributed by atoms with Gasteiger partial charge < -0.3 is 10.6 Å². The first-order chi connectivity index (χ1) is 12.6. The van der Waals surface area contributed by atoms with Crippen LogP contribution in [0.1, 0.15) is 10.4 Å². The van der Waals surface area contributed by atoms with Gasteiger partial charge >= 0.3 is 0 Å². The molecule has 0 unspecified atom stereocenters. The van der Waals surface area contributed by atoms with E-state index in [1.807, 2.05) is 0 Å². The number of benzene rings is 2. The molecule has 8 nitrogen and oxygen atoms in total. The number of nitrogens with zero attached hydrogens (tertiary/aromatic N) is 1. The molecule has 0 spiro atoms. The number of halogens is 2. The molecular formula is C16H15Cl2N3O5S. The van der Waals surface area contributed by atoms with Crippen LogP contribution < -0.4 is 10.6 Å². The maximum Gasteiger partial charge on any atom is 0.293 e. The SMILES string of the molecule is CS(=O)(=O)c1ccc(NCCNC(=O)c2c(Cl)cccc2Cl)c([N+](=O)[O-])c1. The summed E-state index contributed by atoms with van der Waals surface area (Å²) in [6.07, 6.45) is 0.967. The van der Waals surface area contributed by atoms with E-state index in [-0.39, 0.29) is 45.0 Å². The molecule has 0 aliphatic rings. The van der Waals surface area contributed by atoms with Gasteiger partial charge in [0, 0.05) is 25.4 Å².